The molecule has 2 aliphatic heterocycles. The smallest absolute Gasteiger partial charge is 0.309 e. The molecule has 0 aliphatic carbocycles. The lowest BCUT2D eigenvalue weighted by molar-refractivity contribution is -0.192. The van der Waals surface area contributed by atoms with Crippen LogP contribution < -0.4 is 9.47 Å². The van der Waals surface area contributed by atoms with Gasteiger partial charge in [0.15, 0.2) is 0 Å². The van der Waals surface area contributed by atoms with Gasteiger partial charge >= 0.3 is 5.97 Å². The first-order valence-corrected chi connectivity index (χ1v) is 11.4. The molecule has 0 unspecified atom stereocenters. The van der Waals surface area contributed by atoms with E-state index in [1.54, 1.807) is 24.3 Å². The highest BCUT2D eigenvalue weighted by molar-refractivity contribution is 6.30. The maximum atomic E-state index is 12.1. The molecule has 0 amide bonds. The van der Waals surface area contributed by atoms with Gasteiger partial charge in [0.05, 0.1) is 12.0 Å². The van der Waals surface area contributed by atoms with Crippen molar-refractivity contribution < 1.29 is 24.1 Å². The number of hydrogen-bond donors (Lipinski definition) is 1. The molecule has 4 rings (SSSR count). The summed E-state index contributed by atoms with van der Waals surface area (Å²) in [6.07, 6.45) is -0.379. The summed E-state index contributed by atoms with van der Waals surface area (Å²) in [7, 11) is 0. The van der Waals surface area contributed by atoms with Gasteiger partial charge in [-0.1, -0.05) is 38.4 Å². The van der Waals surface area contributed by atoms with Crippen LogP contribution in [0.25, 0.3) is 0 Å². The van der Waals surface area contributed by atoms with E-state index >= 15 is 0 Å². The molecule has 2 aromatic carbocycles. The van der Waals surface area contributed by atoms with Crippen molar-refractivity contribution in [1.29, 1.82) is 0 Å². The maximum absolute atomic E-state index is 12.1. The number of fused-ring (bicyclic) bond motifs is 3. The Balaban J connectivity index is 1.65. The van der Waals surface area contributed by atoms with Crippen molar-refractivity contribution in [3.63, 3.8) is 0 Å². The molecule has 0 spiro atoms. The highest BCUT2D eigenvalue weighted by Gasteiger charge is 2.52. The second kappa shape index (κ2) is 8.27. The predicted molar refractivity (Wildman–Crippen MR) is 124 cm³/mol. The lowest BCUT2D eigenvalue weighted by atomic mass is 9.71. The molecular weight excluding hydrogens is 428 g/mol. The first-order chi connectivity index (χ1) is 15.0. The molecule has 1 fully saturated rings. The summed E-state index contributed by atoms with van der Waals surface area (Å²) in [6, 6.07) is 13.3. The minimum atomic E-state index is -0.877. The quantitative estimate of drug-likeness (QED) is 0.605. The van der Waals surface area contributed by atoms with Gasteiger partial charge in [0, 0.05) is 16.5 Å². The van der Waals surface area contributed by atoms with Crippen LogP contribution in [0.2, 0.25) is 5.02 Å². The summed E-state index contributed by atoms with van der Waals surface area (Å²) in [5.74, 6) is -0.211. The Kier molecular flexibility index (Phi) is 5.93. The van der Waals surface area contributed by atoms with Crippen LogP contribution in [0.4, 0.5) is 0 Å². The normalized spacial score (nSPS) is 26.4. The second-order valence-corrected chi connectivity index (χ2v) is 10.8. The van der Waals surface area contributed by atoms with Crippen LogP contribution in [0, 0.1) is 11.8 Å². The fraction of sp³-hybridized carbons (Fsp3) is 0.500. The zero-order chi connectivity index (χ0) is 23.3. The molecule has 32 heavy (non-hydrogen) atoms. The zero-order valence-corrected chi connectivity index (χ0v) is 20.0. The fourth-order valence-corrected chi connectivity index (χ4v) is 4.81. The standard InChI is InChI=1S/C26H31ClO5/c1-25(2,3)15-6-11-21-18(12-15)23-20(26(4,5)32-21)13-19(24(28)29)22(31-23)14-30-17-9-7-16(27)8-10-17/h6-12,19-20,22-23H,13-14H2,1-5H3,(H,28,29)/t19-,20-,22-,23+/m0/s1. The minimum absolute atomic E-state index is 0.0210. The monoisotopic (exact) mass is 458 g/mol. The average Bonchev–Trinajstić information content (AvgIpc) is 2.71. The number of hydrogen-bond acceptors (Lipinski definition) is 4. The molecule has 0 aromatic heterocycles. The molecule has 2 aromatic rings. The van der Waals surface area contributed by atoms with Crippen molar-refractivity contribution in [2.45, 2.75) is 64.3 Å². The minimum Gasteiger partial charge on any atom is -0.491 e. The molecule has 4 atom stereocenters. The third-order valence-corrected chi connectivity index (χ3v) is 6.89. The predicted octanol–water partition coefficient (Wildman–Crippen LogP) is 6.03. The molecule has 0 radical (unpaired) electrons. The molecule has 0 bridgehead atoms. The molecule has 1 saturated heterocycles. The van der Waals surface area contributed by atoms with Gasteiger partial charge in [-0.25, -0.2) is 0 Å². The number of halogens is 1. The number of benzene rings is 2. The first-order valence-electron chi connectivity index (χ1n) is 11.1. The SMILES string of the molecule is CC(C)(C)c1ccc2c(c1)[C@H]1O[C@@H](COc3ccc(Cl)cc3)[C@@H](C(=O)O)C[C@@H]1C(C)(C)O2. The third-order valence-electron chi connectivity index (χ3n) is 6.64. The van der Waals surface area contributed by atoms with Crippen molar-refractivity contribution in [2.24, 2.45) is 11.8 Å². The van der Waals surface area contributed by atoms with E-state index in [1.165, 1.54) is 5.56 Å². The van der Waals surface area contributed by atoms with Crippen LogP contribution in [0.5, 0.6) is 11.5 Å². The van der Waals surface area contributed by atoms with Gasteiger partial charge in [-0.15, -0.1) is 0 Å². The number of rotatable bonds is 4. The Bertz CT molecular complexity index is 992. The van der Waals surface area contributed by atoms with Crippen LogP contribution in [0.15, 0.2) is 42.5 Å². The van der Waals surface area contributed by atoms with Gasteiger partial charge in [0.2, 0.25) is 0 Å². The lowest BCUT2D eigenvalue weighted by Crippen LogP contribution is -2.53. The Labute approximate surface area is 194 Å². The Morgan fingerprint density at radius 2 is 1.88 bits per heavy atom. The van der Waals surface area contributed by atoms with Gasteiger partial charge < -0.3 is 19.3 Å². The van der Waals surface area contributed by atoms with Gasteiger partial charge in [0.1, 0.15) is 29.8 Å². The van der Waals surface area contributed by atoms with Gasteiger partial charge in [0.25, 0.3) is 0 Å². The number of carboxylic acids is 1. The van der Waals surface area contributed by atoms with Crippen LogP contribution in [-0.2, 0) is 14.9 Å². The number of aliphatic carboxylic acids is 1. The summed E-state index contributed by atoms with van der Waals surface area (Å²) >= 11 is 5.95. The van der Waals surface area contributed by atoms with Crippen molar-refractivity contribution >= 4 is 17.6 Å². The van der Waals surface area contributed by atoms with Crippen LogP contribution >= 0.6 is 11.6 Å². The highest BCUT2D eigenvalue weighted by Crippen LogP contribution is 2.52. The van der Waals surface area contributed by atoms with Crippen molar-refractivity contribution in [3.8, 4) is 11.5 Å². The van der Waals surface area contributed by atoms with Crippen LogP contribution in [0.3, 0.4) is 0 Å². The van der Waals surface area contributed by atoms with E-state index in [9.17, 15) is 9.90 Å². The third kappa shape index (κ3) is 4.46. The van der Waals surface area contributed by atoms with E-state index in [0.717, 1.165) is 11.3 Å². The molecule has 2 aliphatic rings. The molecule has 1 N–H and O–H groups in total. The van der Waals surface area contributed by atoms with E-state index in [1.807, 2.05) is 19.9 Å². The summed E-state index contributed by atoms with van der Waals surface area (Å²) in [5.41, 5.74) is 1.61. The van der Waals surface area contributed by atoms with Crippen molar-refractivity contribution in [1.82, 2.24) is 0 Å². The topological polar surface area (TPSA) is 65.0 Å². The second-order valence-electron chi connectivity index (χ2n) is 10.4. The Hall–Kier alpha value is -2.24. The summed E-state index contributed by atoms with van der Waals surface area (Å²) in [6.45, 7) is 10.7. The lowest BCUT2D eigenvalue weighted by Gasteiger charge is -2.50. The van der Waals surface area contributed by atoms with E-state index in [2.05, 4.69) is 32.9 Å². The van der Waals surface area contributed by atoms with Gasteiger partial charge in [-0.3, -0.25) is 4.79 Å². The summed E-state index contributed by atoms with van der Waals surface area (Å²) < 4.78 is 18.8. The zero-order valence-electron chi connectivity index (χ0n) is 19.2. The van der Waals surface area contributed by atoms with E-state index in [0.29, 0.717) is 17.2 Å². The van der Waals surface area contributed by atoms with Gasteiger partial charge in [-0.05, 0) is 67.6 Å². The van der Waals surface area contributed by atoms with Crippen LogP contribution in [-0.4, -0.2) is 29.4 Å². The van der Waals surface area contributed by atoms with Crippen molar-refractivity contribution in [3.05, 3.63) is 58.6 Å². The molecule has 5 nitrogen and oxygen atoms in total. The van der Waals surface area contributed by atoms with Crippen molar-refractivity contribution in [2.75, 3.05) is 6.61 Å². The molecule has 2 heterocycles. The largest absolute Gasteiger partial charge is 0.491 e. The van der Waals surface area contributed by atoms with E-state index in [-0.39, 0.29) is 24.0 Å². The number of carbonyl (C=O) groups is 1. The molecule has 172 valence electrons. The van der Waals surface area contributed by atoms with Crippen LogP contribution in [0.1, 0.15) is 58.3 Å². The molecule has 0 saturated carbocycles. The Morgan fingerprint density at radius 1 is 1.19 bits per heavy atom. The number of ether oxygens (including phenoxy) is 3. The average molecular weight is 459 g/mol. The first kappa shape index (κ1) is 22.9. The Morgan fingerprint density at radius 3 is 2.50 bits per heavy atom. The highest BCUT2D eigenvalue weighted by atomic mass is 35.5. The fourth-order valence-electron chi connectivity index (χ4n) is 4.68. The van der Waals surface area contributed by atoms with E-state index < -0.39 is 23.6 Å². The summed E-state index contributed by atoms with van der Waals surface area (Å²) in [4.78, 5) is 12.1. The maximum Gasteiger partial charge on any atom is 0.309 e. The van der Waals surface area contributed by atoms with E-state index in [4.69, 9.17) is 25.8 Å². The van der Waals surface area contributed by atoms with Gasteiger partial charge in [-0.2, -0.15) is 0 Å². The summed E-state index contributed by atoms with van der Waals surface area (Å²) in [5, 5.41) is 10.6. The molecular formula is C26H31ClO5. The number of carboxylic acid groups (broad SMARTS) is 1. The molecule has 6 heteroatoms.